The van der Waals surface area contributed by atoms with Gasteiger partial charge < -0.3 is 14.9 Å². The molecule has 7 nitrogen and oxygen atoms in total. The second kappa shape index (κ2) is 5.33. The van der Waals surface area contributed by atoms with E-state index in [1.165, 1.54) is 11.2 Å². The van der Waals surface area contributed by atoms with Gasteiger partial charge in [0, 0.05) is 26.2 Å². The zero-order valence-corrected chi connectivity index (χ0v) is 12.2. The predicted octanol–water partition coefficient (Wildman–Crippen LogP) is 1.87. The molecule has 3 rings (SSSR count). The second-order valence-corrected chi connectivity index (χ2v) is 5.34. The summed E-state index contributed by atoms with van der Waals surface area (Å²) in [6.45, 7) is 1.02. The zero-order valence-electron chi connectivity index (χ0n) is 11.4. The van der Waals surface area contributed by atoms with Crippen LogP contribution in [0.3, 0.4) is 0 Å². The number of aromatic nitrogens is 3. The molecule has 110 valence electrons. The van der Waals surface area contributed by atoms with Gasteiger partial charge in [-0.05, 0) is 18.6 Å². The Labute approximate surface area is 126 Å². The van der Waals surface area contributed by atoms with Gasteiger partial charge >= 0.3 is 6.09 Å². The van der Waals surface area contributed by atoms with E-state index < -0.39 is 6.09 Å². The molecular formula is C13H14ClN5O2. The largest absolute Gasteiger partial charge is 0.465 e. The van der Waals surface area contributed by atoms with E-state index >= 15 is 0 Å². The van der Waals surface area contributed by atoms with Crippen LogP contribution in [0.15, 0.2) is 18.5 Å². The van der Waals surface area contributed by atoms with Gasteiger partial charge in [0.1, 0.15) is 17.7 Å². The highest BCUT2D eigenvalue weighted by Gasteiger charge is 2.29. The number of halogens is 1. The molecule has 21 heavy (non-hydrogen) atoms. The van der Waals surface area contributed by atoms with E-state index in [-0.39, 0.29) is 6.04 Å². The molecule has 1 aliphatic heterocycles. The standard InChI is InChI=1S/C13H14ClN5O2/c1-18(8-4-5-19(6-8)13(20)21)10-3-2-9-11(17-10)12(14)16-7-15-9/h2-3,7-8H,4-6H2,1H3,(H,20,21)/t8-/m0/s1. The van der Waals surface area contributed by atoms with Gasteiger partial charge in [-0.1, -0.05) is 11.6 Å². The van der Waals surface area contributed by atoms with E-state index in [1.807, 2.05) is 24.1 Å². The summed E-state index contributed by atoms with van der Waals surface area (Å²) in [6, 6.07) is 3.80. The summed E-state index contributed by atoms with van der Waals surface area (Å²) in [4.78, 5) is 26.9. The van der Waals surface area contributed by atoms with Crippen molar-refractivity contribution < 1.29 is 9.90 Å². The fourth-order valence-electron chi connectivity index (χ4n) is 2.52. The first-order valence-electron chi connectivity index (χ1n) is 6.54. The minimum Gasteiger partial charge on any atom is -0.465 e. The Kier molecular flexibility index (Phi) is 3.50. The average molecular weight is 308 g/mol. The molecule has 0 spiro atoms. The lowest BCUT2D eigenvalue weighted by Gasteiger charge is -2.25. The van der Waals surface area contributed by atoms with E-state index in [2.05, 4.69) is 15.0 Å². The normalized spacial score (nSPS) is 18.2. The first kappa shape index (κ1) is 13.8. The molecule has 0 radical (unpaired) electrons. The first-order valence-corrected chi connectivity index (χ1v) is 6.92. The maximum absolute atomic E-state index is 11.0. The summed E-state index contributed by atoms with van der Waals surface area (Å²) in [7, 11) is 1.90. The van der Waals surface area contributed by atoms with Crippen LogP contribution in [0.1, 0.15) is 6.42 Å². The van der Waals surface area contributed by atoms with Crippen molar-refractivity contribution in [3.8, 4) is 0 Å². The molecule has 1 atom stereocenters. The van der Waals surface area contributed by atoms with Crippen molar-refractivity contribution in [2.45, 2.75) is 12.5 Å². The Morgan fingerprint density at radius 3 is 3.00 bits per heavy atom. The van der Waals surface area contributed by atoms with Crippen LogP contribution < -0.4 is 4.90 Å². The number of hydrogen-bond acceptors (Lipinski definition) is 5. The van der Waals surface area contributed by atoms with Crippen molar-refractivity contribution >= 4 is 34.5 Å². The summed E-state index contributed by atoms with van der Waals surface area (Å²) < 4.78 is 0. The van der Waals surface area contributed by atoms with E-state index in [0.717, 1.165) is 12.2 Å². The molecule has 0 unspecified atom stereocenters. The van der Waals surface area contributed by atoms with Crippen LogP contribution in [0, 0.1) is 0 Å². The van der Waals surface area contributed by atoms with Crippen molar-refractivity contribution in [3.05, 3.63) is 23.6 Å². The number of likely N-dealkylation sites (N-methyl/N-ethyl adjacent to an activating group) is 1. The van der Waals surface area contributed by atoms with Crippen LogP contribution in [0.5, 0.6) is 0 Å². The Bertz CT molecular complexity index is 695. The summed E-state index contributed by atoms with van der Waals surface area (Å²) in [5, 5.41) is 9.33. The molecular weight excluding hydrogens is 294 g/mol. The number of hydrogen-bond donors (Lipinski definition) is 1. The number of fused-ring (bicyclic) bond motifs is 1. The van der Waals surface area contributed by atoms with Gasteiger partial charge in [-0.15, -0.1) is 0 Å². The van der Waals surface area contributed by atoms with Crippen molar-refractivity contribution in [2.24, 2.45) is 0 Å². The lowest BCUT2D eigenvalue weighted by Crippen LogP contribution is -2.36. The second-order valence-electron chi connectivity index (χ2n) is 4.98. The summed E-state index contributed by atoms with van der Waals surface area (Å²) in [6.07, 6.45) is 1.30. The van der Waals surface area contributed by atoms with Gasteiger partial charge in [-0.25, -0.2) is 19.7 Å². The third kappa shape index (κ3) is 2.56. The van der Waals surface area contributed by atoms with Crippen LogP contribution in [0.2, 0.25) is 5.15 Å². The highest BCUT2D eigenvalue weighted by Crippen LogP contribution is 2.24. The van der Waals surface area contributed by atoms with Crippen LogP contribution in [-0.2, 0) is 0 Å². The predicted molar refractivity (Wildman–Crippen MR) is 78.7 cm³/mol. The average Bonchev–Trinajstić information content (AvgIpc) is 2.97. The van der Waals surface area contributed by atoms with Crippen molar-refractivity contribution in [2.75, 3.05) is 25.0 Å². The first-order chi connectivity index (χ1) is 10.1. The van der Waals surface area contributed by atoms with Crippen LogP contribution >= 0.6 is 11.6 Å². The number of carbonyl (C=O) groups is 1. The maximum Gasteiger partial charge on any atom is 0.407 e. The molecule has 8 heteroatoms. The van der Waals surface area contributed by atoms with Gasteiger partial charge in [-0.2, -0.15) is 0 Å². The molecule has 3 heterocycles. The number of nitrogens with zero attached hydrogens (tertiary/aromatic N) is 5. The third-order valence-corrected chi connectivity index (χ3v) is 4.04. The molecule has 2 aromatic heterocycles. The van der Waals surface area contributed by atoms with E-state index in [0.29, 0.717) is 29.3 Å². The van der Waals surface area contributed by atoms with Gasteiger partial charge in [0.05, 0.1) is 5.52 Å². The minimum atomic E-state index is -0.881. The molecule has 1 saturated heterocycles. The molecule has 0 bridgehead atoms. The highest BCUT2D eigenvalue weighted by molar-refractivity contribution is 6.33. The molecule has 0 aliphatic carbocycles. The smallest absolute Gasteiger partial charge is 0.407 e. The molecule has 1 amide bonds. The van der Waals surface area contributed by atoms with Gasteiger partial charge in [-0.3, -0.25) is 0 Å². The SMILES string of the molecule is CN(c1ccc2ncnc(Cl)c2n1)[C@H]1CCN(C(=O)O)C1. The molecule has 0 saturated carbocycles. The number of likely N-dealkylation sites (tertiary alicyclic amines) is 1. The maximum atomic E-state index is 11.0. The number of rotatable bonds is 2. The highest BCUT2D eigenvalue weighted by atomic mass is 35.5. The molecule has 0 aromatic carbocycles. The monoisotopic (exact) mass is 307 g/mol. The van der Waals surface area contributed by atoms with Gasteiger partial charge in [0.25, 0.3) is 0 Å². The quantitative estimate of drug-likeness (QED) is 0.853. The number of anilines is 1. The Balaban J connectivity index is 1.87. The fraction of sp³-hybridized carbons (Fsp3) is 0.385. The lowest BCUT2D eigenvalue weighted by atomic mass is 10.2. The minimum absolute atomic E-state index is 0.106. The molecule has 1 aliphatic rings. The molecule has 1 N–H and O–H groups in total. The summed E-state index contributed by atoms with van der Waals surface area (Å²) in [5.74, 6) is 0.733. The Morgan fingerprint density at radius 1 is 1.48 bits per heavy atom. The number of carboxylic acid groups (broad SMARTS) is 1. The Hall–Kier alpha value is -2.15. The van der Waals surface area contributed by atoms with Crippen LogP contribution in [0.4, 0.5) is 10.6 Å². The van der Waals surface area contributed by atoms with Gasteiger partial charge in [0.2, 0.25) is 0 Å². The topological polar surface area (TPSA) is 82.5 Å². The van der Waals surface area contributed by atoms with Gasteiger partial charge in [0.15, 0.2) is 5.15 Å². The van der Waals surface area contributed by atoms with Crippen LogP contribution in [-0.4, -0.2) is 57.2 Å². The van der Waals surface area contributed by atoms with Crippen molar-refractivity contribution in [3.63, 3.8) is 0 Å². The van der Waals surface area contributed by atoms with E-state index in [1.54, 1.807) is 0 Å². The van der Waals surface area contributed by atoms with Crippen LogP contribution in [0.25, 0.3) is 11.0 Å². The molecule has 1 fully saturated rings. The fourth-order valence-corrected chi connectivity index (χ4v) is 2.70. The summed E-state index contributed by atoms with van der Waals surface area (Å²) in [5.41, 5.74) is 1.24. The van der Waals surface area contributed by atoms with E-state index in [4.69, 9.17) is 16.7 Å². The summed E-state index contributed by atoms with van der Waals surface area (Å²) >= 11 is 6.04. The molecule has 2 aromatic rings. The Morgan fingerprint density at radius 2 is 2.29 bits per heavy atom. The lowest BCUT2D eigenvalue weighted by molar-refractivity contribution is 0.155. The number of amides is 1. The van der Waals surface area contributed by atoms with Crippen molar-refractivity contribution in [1.82, 2.24) is 19.9 Å². The zero-order chi connectivity index (χ0) is 15.0. The number of pyridine rings is 1. The van der Waals surface area contributed by atoms with E-state index in [9.17, 15) is 4.79 Å². The van der Waals surface area contributed by atoms with Crippen molar-refractivity contribution in [1.29, 1.82) is 0 Å². The third-order valence-electron chi connectivity index (χ3n) is 3.77.